The standard InChI is InChI=1S/C22H24N2O5S/c1-15-3-6-19-17(14-29-21(19)11-15)12-22(25)23-20-13-18(5-4-16(20)2)30(26,27)24-7-9-28-10-8-24/h3-6,11,13-14H,7-10,12H2,1-2H3,(H,23,25). The Morgan fingerprint density at radius 2 is 1.87 bits per heavy atom. The summed E-state index contributed by atoms with van der Waals surface area (Å²) in [5.41, 5.74) is 3.89. The summed E-state index contributed by atoms with van der Waals surface area (Å²) >= 11 is 0. The monoisotopic (exact) mass is 428 g/mol. The molecule has 8 heteroatoms. The van der Waals surface area contributed by atoms with Gasteiger partial charge in [0.15, 0.2) is 0 Å². The number of anilines is 1. The molecule has 1 aliphatic rings. The van der Waals surface area contributed by atoms with E-state index in [9.17, 15) is 13.2 Å². The van der Waals surface area contributed by atoms with Crippen LogP contribution in [0.1, 0.15) is 16.7 Å². The Kier molecular flexibility index (Phi) is 5.64. The third kappa shape index (κ3) is 4.12. The lowest BCUT2D eigenvalue weighted by molar-refractivity contribution is -0.115. The average molecular weight is 429 g/mol. The second-order valence-corrected chi connectivity index (χ2v) is 9.42. The lowest BCUT2D eigenvalue weighted by Crippen LogP contribution is -2.40. The molecule has 4 rings (SSSR count). The van der Waals surface area contributed by atoms with Crippen LogP contribution in [-0.2, 0) is 26.0 Å². The van der Waals surface area contributed by atoms with E-state index >= 15 is 0 Å². The largest absolute Gasteiger partial charge is 0.464 e. The lowest BCUT2D eigenvalue weighted by atomic mass is 10.1. The fraction of sp³-hybridized carbons (Fsp3) is 0.318. The highest BCUT2D eigenvalue weighted by Crippen LogP contribution is 2.25. The molecule has 1 aliphatic heterocycles. The zero-order valence-electron chi connectivity index (χ0n) is 17.0. The molecule has 0 spiro atoms. The van der Waals surface area contributed by atoms with Gasteiger partial charge < -0.3 is 14.5 Å². The van der Waals surface area contributed by atoms with Gasteiger partial charge in [-0.15, -0.1) is 0 Å². The topological polar surface area (TPSA) is 88.9 Å². The van der Waals surface area contributed by atoms with E-state index < -0.39 is 10.0 Å². The van der Waals surface area contributed by atoms with Gasteiger partial charge in [0.05, 0.1) is 30.8 Å². The van der Waals surface area contributed by atoms with Gasteiger partial charge in [0.2, 0.25) is 15.9 Å². The number of furan rings is 1. The molecule has 1 N–H and O–H groups in total. The van der Waals surface area contributed by atoms with Gasteiger partial charge in [0, 0.05) is 29.7 Å². The van der Waals surface area contributed by atoms with Crippen LogP contribution in [0.3, 0.4) is 0 Å². The Hall–Kier alpha value is -2.68. The summed E-state index contributed by atoms with van der Waals surface area (Å²) in [4.78, 5) is 12.8. The van der Waals surface area contributed by atoms with Crippen LogP contribution in [0, 0.1) is 13.8 Å². The maximum Gasteiger partial charge on any atom is 0.243 e. The SMILES string of the molecule is Cc1ccc2c(CC(=O)Nc3cc(S(=O)(=O)N4CCOCC4)ccc3C)coc2c1. The first-order chi connectivity index (χ1) is 14.3. The quantitative estimate of drug-likeness (QED) is 0.674. The predicted octanol–water partition coefficient (Wildman–Crippen LogP) is 3.25. The minimum absolute atomic E-state index is 0.135. The molecular weight excluding hydrogens is 404 g/mol. The number of sulfonamides is 1. The van der Waals surface area contributed by atoms with Crippen molar-refractivity contribution in [3.63, 3.8) is 0 Å². The molecule has 2 heterocycles. The molecule has 3 aromatic rings. The first-order valence-corrected chi connectivity index (χ1v) is 11.2. The second kappa shape index (κ2) is 8.22. The molecule has 1 fully saturated rings. The Bertz CT molecular complexity index is 1190. The van der Waals surface area contributed by atoms with Crippen molar-refractivity contribution in [1.29, 1.82) is 0 Å². The van der Waals surface area contributed by atoms with E-state index in [-0.39, 0.29) is 17.2 Å². The fourth-order valence-corrected chi connectivity index (χ4v) is 4.96. The molecule has 1 saturated heterocycles. The number of benzene rings is 2. The first kappa shape index (κ1) is 20.6. The highest BCUT2D eigenvalue weighted by molar-refractivity contribution is 7.89. The summed E-state index contributed by atoms with van der Waals surface area (Å²) in [5, 5.41) is 3.75. The molecule has 0 aliphatic carbocycles. The van der Waals surface area contributed by atoms with Crippen LogP contribution in [0.5, 0.6) is 0 Å². The zero-order chi connectivity index (χ0) is 21.3. The third-order valence-corrected chi connectivity index (χ3v) is 7.15. The molecule has 1 amide bonds. The molecular formula is C22H24N2O5S. The van der Waals surface area contributed by atoms with Gasteiger partial charge in [-0.25, -0.2) is 8.42 Å². The third-order valence-electron chi connectivity index (χ3n) is 5.25. The highest BCUT2D eigenvalue weighted by Gasteiger charge is 2.27. The van der Waals surface area contributed by atoms with Crippen LogP contribution in [0.15, 0.2) is 52.0 Å². The summed E-state index contributed by atoms with van der Waals surface area (Å²) in [6.45, 7) is 5.22. The Labute approximate surface area is 175 Å². The van der Waals surface area contributed by atoms with Crippen molar-refractivity contribution in [2.75, 3.05) is 31.6 Å². The summed E-state index contributed by atoms with van der Waals surface area (Å²) in [6.07, 6.45) is 1.73. The van der Waals surface area contributed by atoms with Gasteiger partial charge >= 0.3 is 0 Å². The smallest absolute Gasteiger partial charge is 0.243 e. The molecule has 0 atom stereocenters. The van der Waals surface area contributed by atoms with Gasteiger partial charge in [-0.1, -0.05) is 18.2 Å². The number of fused-ring (bicyclic) bond motifs is 1. The van der Waals surface area contributed by atoms with Gasteiger partial charge in [-0.05, 0) is 43.2 Å². The van der Waals surface area contributed by atoms with Crippen LogP contribution in [0.25, 0.3) is 11.0 Å². The number of morpholine rings is 1. The minimum atomic E-state index is -3.63. The molecule has 0 saturated carbocycles. The van der Waals surface area contributed by atoms with E-state index in [2.05, 4.69) is 5.32 Å². The number of hydrogen-bond donors (Lipinski definition) is 1. The lowest BCUT2D eigenvalue weighted by Gasteiger charge is -2.26. The summed E-state index contributed by atoms with van der Waals surface area (Å²) in [7, 11) is -3.63. The Morgan fingerprint density at radius 3 is 2.63 bits per heavy atom. The molecule has 1 aromatic heterocycles. The van der Waals surface area contributed by atoms with E-state index in [1.807, 2.05) is 32.0 Å². The van der Waals surface area contributed by atoms with Crippen LogP contribution in [0.4, 0.5) is 5.69 Å². The molecule has 0 bridgehead atoms. The van der Waals surface area contributed by atoms with E-state index in [1.54, 1.807) is 18.4 Å². The second-order valence-electron chi connectivity index (χ2n) is 7.48. The Morgan fingerprint density at radius 1 is 1.10 bits per heavy atom. The number of ether oxygens (including phenoxy) is 1. The first-order valence-electron chi connectivity index (χ1n) is 9.80. The summed E-state index contributed by atoms with van der Waals surface area (Å²) in [5.74, 6) is -0.234. The van der Waals surface area contributed by atoms with Crippen LogP contribution in [-0.4, -0.2) is 44.9 Å². The van der Waals surface area contributed by atoms with Gasteiger partial charge in [0.1, 0.15) is 5.58 Å². The average Bonchev–Trinajstić information content (AvgIpc) is 3.11. The number of carbonyl (C=O) groups excluding carboxylic acids is 1. The van der Waals surface area contributed by atoms with E-state index in [1.165, 1.54) is 10.4 Å². The van der Waals surface area contributed by atoms with Crippen LogP contribution < -0.4 is 5.32 Å². The molecule has 2 aromatic carbocycles. The molecule has 0 unspecified atom stereocenters. The normalized spacial score (nSPS) is 15.4. The number of amides is 1. The number of carbonyl (C=O) groups is 1. The van der Waals surface area contributed by atoms with E-state index in [0.717, 1.165) is 27.7 Å². The number of nitrogens with one attached hydrogen (secondary N) is 1. The van der Waals surface area contributed by atoms with Crippen molar-refractivity contribution in [2.24, 2.45) is 0 Å². The van der Waals surface area contributed by atoms with Crippen LogP contribution >= 0.6 is 0 Å². The highest BCUT2D eigenvalue weighted by atomic mass is 32.2. The molecule has 7 nitrogen and oxygen atoms in total. The Balaban J connectivity index is 1.53. The van der Waals surface area contributed by atoms with E-state index in [4.69, 9.17) is 9.15 Å². The van der Waals surface area contributed by atoms with Crippen molar-refractivity contribution >= 4 is 32.6 Å². The zero-order valence-corrected chi connectivity index (χ0v) is 17.8. The number of rotatable bonds is 5. The van der Waals surface area contributed by atoms with Gasteiger partial charge in [-0.2, -0.15) is 4.31 Å². The van der Waals surface area contributed by atoms with Crippen molar-refractivity contribution in [1.82, 2.24) is 4.31 Å². The van der Waals surface area contributed by atoms with Gasteiger partial charge in [0.25, 0.3) is 0 Å². The summed E-state index contributed by atoms with van der Waals surface area (Å²) in [6, 6.07) is 10.7. The van der Waals surface area contributed by atoms with E-state index in [0.29, 0.717) is 32.0 Å². The predicted molar refractivity (Wildman–Crippen MR) is 114 cm³/mol. The molecule has 0 radical (unpaired) electrons. The maximum atomic E-state index is 12.9. The molecule has 30 heavy (non-hydrogen) atoms. The van der Waals surface area contributed by atoms with Crippen molar-refractivity contribution in [2.45, 2.75) is 25.2 Å². The van der Waals surface area contributed by atoms with Crippen molar-refractivity contribution < 1.29 is 22.4 Å². The maximum absolute atomic E-state index is 12.9. The van der Waals surface area contributed by atoms with Crippen molar-refractivity contribution in [3.05, 3.63) is 59.4 Å². The number of aryl methyl sites for hydroxylation is 2. The van der Waals surface area contributed by atoms with Crippen LogP contribution in [0.2, 0.25) is 0 Å². The van der Waals surface area contributed by atoms with Gasteiger partial charge in [-0.3, -0.25) is 4.79 Å². The molecule has 158 valence electrons. The number of nitrogens with zero attached hydrogens (tertiary/aromatic N) is 1. The fourth-order valence-electron chi connectivity index (χ4n) is 3.53. The number of hydrogen-bond acceptors (Lipinski definition) is 5. The minimum Gasteiger partial charge on any atom is -0.464 e. The summed E-state index contributed by atoms with van der Waals surface area (Å²) < 4.78 is 38.0. The van der Waals surface area contributed by atoms with Crippen molar-refractivity contribution in [3.8, 4) is 0 Å².